The largest absolute Gasteiger partial charge is 0.391 e. The molecular formula is C13H24N4O2. The minimum Gasteiger partial charge on any atom is -0.391 e. The fourth-order valence-electron chi connectivity index (χ4n) is 1.69. The van der Waals surface area contributed by atoms with Crippen LogP contribution in [0, 0.1) is 0 Å². The van der Waals surface area contributed by atoms with E-state index in [9.17, 15) is 5.11 Å². The average molecular weight is 268 g/mol. The Labute approximate surface area is 114 Å². The minimum atomic E-state index is -0.446. The summed E-state index contributed by atoms with van der Waals surface area (Å²) >= 11 is 0. The van der Waals surface area contributed by atoms with Crippen LogP contribution in [0.1, 0.15) is 25.6 Å². The van der Waals surface area contributed by atoms with Crippen molar-refractivity contribution in [3.8, 4) is 0 Å². The molecule has 0 radical (unpaired) electrons. The SMILES string of the molecule is CCCc1nc(NC)cc(NCCC(O)COC)n1. The first-order chi connectivity index (χ1) is 9.19. The molecule has 0 saturated carbocycles. The van der Waals surface area contributed by atoms with Crippen LogP contribution >= 0.6 is 0 Å². The minimum absolute atomic E-state index is 0.355. The van der Waals surface area contributed by atoms with Gasteiger partial charge in [0, 0.05) is 33.2 Å². The van der Waals surface area contributed by atoms with Crippen molar-refractivity contribution in [2.24, 2.45) is 0 Å². The molecule has 0 aliphatic carbocycles. The molecule has 19 heavy (non-hydrogen) atoms. The second-order valence-electron chi connectivity index (χ2n) is 4.38. The Morgan fingerprint density at radius 3 is 2.74 bits per heavy atom. The Morgan fingerprint density at radius 1 is 1.37 bits per heavy atom. The first-order valence-electron chi connectivity index (χ1n) is 6.66. The molecule has 1 atom stereocenters. The summed E-state index contributed by atoms with van der Waals surface area (Å²) in [7, 11) is 3.42. The van der Waals surface area contributed by atoms with Crippen LogP contribution in [0.5, 0.6) is 0 Å². The molecule has 0 bridgehead atoms. The van der Waals surface area contributed by atoms with Crippen molar-refractivity contribution < 1.29 is 9.84 Å². The number of hydrogen-bond donors (Lipinski definition) is 3. The Kier molecular flexibility index (Phi) is 7.14. The summed E-state index contributed by atoms with van der Waals surface area (Å²) in [5, 5.41) is 15.8. The molecule has 1 rings (SSSR count). The molecule has 1 aromatic rings. The van der Waals surface area contributed by atoms with E-state index in [4.69, 9.17) is 4.74 Å². The van der Waals surface area contributed by atoms with Crippen molar-refractivity contribution in [3.05, 3.63) is 11.9 Å². The van der Waals surface area contributed by atoms with Crippen molar-refractivity contribution in [2.45, 2.75) is 32.3 Å². The number of aliphatic hydroxyl groups excluding tert-OH is 1. The Balaban J connectivity index is 2.54. The lowest BCUT2D eigenvalue weighted by Gasteiger charge is -2.12. The molecule has 0 amide bonds. The zero-order valence-corrected chi connectivity index (χ0v) is 11.9. The number of methoxy groups -OCH3 is 1. The maximum absolute atomic E-state index is 9.56. The standard InChI is InChI=1S/C13H24N4O2/c1-4-5-11-16-12(14-2)8-13(17-11)15-7-6-10(18)9-19-3/h8,10,18H,4-7,9H2,1-3H3,(H2,14,15,16,17). The van der Waals surface area contributed by atoms with Crippen LogP contribution in [-0.2, 0) is 11.2 Å². The predicted molar refractivity (Wildman–Crippen MR) is 76.6 cm³/mol. The van der Waals surface area contributed by atoms with E-state index in [1.807, 2.05) is 13.1 Å². The number of hydrogen-bond acceptors (Lipinski definition) is 6. The lowest BCUT2D eigenvalue weighted by molar-refractivity contribution is 0.0615. The summed E-state index contributed by atoms with van der Waals surface area (Å²) in [6.07, 6.45) is 2.05. The molecule has 3 N–H and O–H groups in total. The fraction of sp³-hybridized carbons (Fsp3) is 0.692. The fourth-order valence-corrected chi connectivity index (χ4v) is 1.69. The molecule has 0 aromatic carbocycles. The molecule has 1 heterocycles. The van der Waals surface area contributed by atoms with Gasteiger partial charge in [-0.15, -0.1) is 0 Å². The summed E-state index contributed by atoms with van der Waals surface area (Å²) in [6.45, 7) is 3.11. The summed E-state index contributed by atoms with van der Waals surface area (Å²) in [6, 6.07) is 1.86. The van der Waals surface area contributed by atoms with Gasteiger partial charge in [0.1, 0.15) is 17.5 Å². The molecule has 0 aliphatic rings. The number of aromatic nitrogens is 2. The number of nitrogens with one attached hydrogen (secondary N) is 2. The molecule has 0 spiro atoms. The van der Waals surface area contributed by atoms with E-state index in [-0.39, 0.29) is 0 Å². The third-order valence-corrected chi connectivity index (χ3v) is 2.64. The van der Waals surface area contributed by atoms with Crippen LogP contribution in [0.15, 0.2) is 6.07 Å². The predicted octanol–water partition coefficient (Wildman–Crippen LogP) is 1.28. The van der Waals surface area contributed by atoms with Crippen LogP contribution < -0.4 is 10.6 Å². The van der Waals surface area contributed by atoms with E-state index in [0.717, 1.165) is 30.3 Å². The van der Waals surface area contributed by atoms with Gasteiger partial charge in [-0.1, -0.05) is 6.92 Å². The second-order valence-corrected chi connectivity index (χ2v) is 4.38. The normalized spacial score (nSPS) is 12.2. The number of ether oxygens (including phenoxy) is 1. The molecular weight excluding hydrogens is 244 g/mol. The van der Waals surface area contributed by atoms with Gasteiger partial charge in [0.25, 0.3) is 0 Å². The maximum Gasteiger partial charge on any atom is 0.133 e. The van der Waals surface area contributed by atoms with Gasteiger partial charge in [-0.05, 0) is 12.8 Å². The van der Waals surface area contributed by atoms with Crippen LogP contribution in [0.3, 0.4) is 0 Å². The van der Waals surface area contributed by atoms with Crippen LogP contribution in [0.2, 0.25) is 0 Å². The summed E-state index contributed by atoms with van der Waals surface area (Å²) in [5.41, 5.74) is 0. The molecule has 0 aliphatic heterocycles. The molecule has 1 aromatic heterocycles. The van der Waals surface area contributed by atoms with Crippen LogP contribution in [-0.4, -0.2) is 48.5 Å². The Bertz CT molecular complexity index is 374. The second kappa shape index (κ2) is 8.66. The van der Waals surface area contributed by atoms with Gasteiger partial charge in [-0.25, -0.2) is 9.97 Å². The lowest BCUT2D eigenvalue weighted by Crippen LogP contribution is -2.19. The van der Waals surface area contributed by atoms with Gasteiger partial charge in [0.2, 0.25) is 0 Å². The van der Waals surface area contributed by atoms with Gasteiger partial charge in [0.15, 0.2) is 0 Å². The molecule has 0 fully saturated rings. The molecule has 6 heteroatoms. The van der Waals surface area contributed by atoms with E-state index in [1.165, 1.54) is 0 Å². The number of aryl methyl sites for hydroxylation is 1. The quantitative estimate of drug-likeness (QED) is 0.626. The third-order valence-electron chi connectivity index (χ3n) is 2.64. The highest BCUT2D eigenvalue weighted by molar-refractivity contribution is 5.47. The zero-order valence-electron chi connectivity index (χ0n) is 11.9. The summed E-state index contributed by atoms with van der Waals surface area (Å²) in [5.74, 6) is 2.42. The summed E-state index contributed by atoms with van der Waals surface area (Å²) in [4.78, 5) is 8.82. The number of rotatable bonds is 9. The van der Waals surface area contributed by atoms with E-state index < -0.39 is 6.10 Å². The first kappa shape index (κ1) is 15.7. The average Bonchev–Trinajstić information content (AvgIpc) is 2.39. The van der Waals surface area contributed by atoms with Crippen molar-refractivity contribution >= 4 is 11.6 Å². The highest BCUT2D eigenvalue weighted by Gasteiger charge is 2.05. The van der Waals surface area contributed by atoms with Gasteiger partial charge in [0.05, 0.1) is 12.7 Å². The van der Waals surface area contributed by atoms with Gasteiger partial charge in [-0.3, -0.25) is 0 Å². The number of anilines is 2. The van der Waals surface area contributed by atoms with Crippen molar-refractivity contribution in [1.82, 2.24) is 9.97 Å². The monoisotopic (exact) mass is 268 g/mol. The Hall–Kier alpha value is -1.40. The van der Waals surface area contributed by atoms with E-state index in [1.54, 1.807) is 7.11 Å². The molecule has 1 unspecified atom stereocenters. The maximum atomic E-state index is 9.56. The molecule has 108 valence electrons. The van der Waals surface area contributed by atoms with Gasteiger partial charge >= 0.3 is 0 Å². The van der Waals surface area contributed by atoms with Crippen LogP contribution in [0.25, 0.3) is 0 Å². The Morgan fingerprint density at radius 2 is 2.11 bits per heavy atom. The van der Waals surface area contributed by atoms with Gasteiger partial charge < -0.3 is 20.5 Å². The van der Waals surface area contributed by atoms with E-state index in [0.29, 0.717) is 19.6 Å². The molecule has 6 nitrogen and oxygen atoms in total. The van der Waals surface area contributed by atoms with Gasteiger partial charge in [-0.2, -0.15) is 0 Å². The number of nitrogens with zero attached hydrogens (tertiary/aromatic N) is 2. The molecule has 0 saturated heterocycles. The highest BCUT2D eigenvalue weighted by atomic mass is 16.5. The topological polar surface area (TPSA) is 79.3 Å². The smallest absolute Gasteiger partial charge is 0.133 e. The third kappa shape index (κ3) is 5.85. The van der Waals surface area contributed by atoms with Crippen LogP contribution in [0.4, 0.5) is 11.6 Å². The lowest BCUT2D eigenvalue weighted by atomic mass is 10.2. The highest BCUT2D eigenvalue weighted by Crippen LogP contribution is 2.12. The first-order valence-corrected chi connectivity index (χ1v) is 6.66. The van der Waals surface area contributed by atoms with E-state index in [2.05, 4.69) is 27.5 Å². The van der Waals surface area contributed by atoms with Crippen molar-refractivity contribution in [3.63, 3.8) is 0 Å². The van der Waals surface area contributed by atoms with Crippen molar-refractivity contribution in [1.29, 1.82) is 0 Å². The summed E-state index contributed by atoms with van der Waals surface area (Å²) < 4.78 is 4.88. The van der Waals surface area contributed by atoms with E-state index >= 15 is 0 Å². The van der Waals surface area contributed by atoms with Crippen molar-refractivity contribution in [2.75, 3.05) is 37.9 Å². The zero-order chi connectivity index (χ0) is 14.1. The number of aliphatic hydroxyl groups is 1.